The summed E-state index contributed by atoms with van der Waals surface area (Å²) >= 11 is 13.5. The molecule has 2 N–H and O–H groups in total. The number of halogens is 5. The minimum atomic E-state index is -5.08. The third-order valence-corrected chi connectivity index (χ3v) is 6.26. The lowest BCUT2D eigenvalue weighted by Crippen LogP contribution is -2.22. The second-order valence-corrected chi connectivity index (χ2v) is 9.53. The highest BCUT2D eigenvalue weighted by atomic mass is 35.5. The van der Waals surface area contributed by atoms with Crippen LogP contribution in [0, 0.1) is 0 Å². The first kappa shape index (κ1) is 29.0. The lowest BCUT2D eigenvalue weighted by Gasteiger charge is -2.12. The monoisotopic (exact) mass is 584 g/mol. The summed E-state index contributed by atoms with van der Waals surface area (Å²) in [5.41, 5.74) is 2.42. The Morgan fingerprint density at radius 1 is 1.13 bits per heavy atom. The number of fused-ring (bicyclic) bond motifs is 1. The maximum absolute atomic E-state index is 12.5. The summed E-state index contributed by atoms with van der Waals surface area (Å²) in [6, 6.07) is 12.3. The summed E-state index contributed by atoms with van der Waals surface area (Å²) in [6.45, 7) is 0. The Morgan fingerprint density at radius 3 is 2.34 bits per heavy atom. The van der Waals surface area contributed by atoms with Crippen LogP contribution in [0.15, 0.2) is 58.6 Å². The number of carboxylic acid groups (broad SMARTS) is 1. The summed E-state index contributed by atoms with van der Waals surface area (Å²) < 4.78 is 31.7. The lowest BCUT2D eigenvalue weighted by atomic mass is 10.0. The third kappa shape index (κ3) is 7.03. The van der Waals surface area contributed by atoms with Crippen molar-refractivity contribution in [2.45, 2.75) is 6.18 Å². The molecule has 1 aliphatic rings. The number of carboxylic acids is 1. The fourth-order valence-corrected chi connectivity index (χ4v) is 4.32. The Hall–Kier alpha value is -3.61. The Kier molecular flexibility index (Phi) is 9.02. The number of rotatable bonds is 3. The number of hydrogen-bond acceptors (Lipinski definition) is 6. The van der Waals surface area contributed by atoms with Crippen molar-refractivity contribution >= 4 is 80.6 Å². The number of nitrogens with one attached hydrogen (secondary N) is 1. The Balaban J connectivity index is 0.000000505. The zero-order valence-electron chi connectivity index (χ0n) is 19.5. The van der Waals surface area contributed by atoms with Crippen LogP contribution in [0.2, 0.25) is 10.0 Å². The van der Waals surface area contributed by atoms with Gasteiger partial charge in [0.25, 0.3) is 11.8 Å². The summed E-state index contributed by atoms with van der Waals surface area (Å²) in [5.74, 6) is -3.15. The van der Waals surface area contributed by atoms with Gasteiger partial charge in [-0.2, -0.15) is 13.2 Å². The molecule has 1 aliphatic heterocycles. The van der Waals surface area contributed by atoms with E-state index in [-0.39, 0.29) is 11.8 Å². The molecule has 2 amide bonds. The van der Waals surface area contributed by atoms with Gasteiger partial charge in [-0.3, -0.25) is 14.6 Å². The highest BCUT2D eigenvalue weighted by molar-refractivity contribution is 8.18. The molecule has 0 atom stereocenters. The summed E-state index contributed by atoms with van der Waals surface area (Å²) in [4.78, 5) is 44.6. The number of aromatic nitrogens is 1. The van der Waals surface area contributed by atoms with Crippen LogP contribution in [0.1, 0.15) is 15.9 Å². The number of hydrogen-bond donors (Lipinski definition) is 2. The molecule has 38 heavy (non-hydrogen) atoms. The van der Waals surface area contributed by atoms with E-state index in [0.29, 0.717) is 36.9 Å². The molecule has 2 heterocycles. The molecule has 0 saturated carbocycles. The van der Waals surface area contributed by atoms with E-state index in [0.717, 1.165) is 10.9 Å². The van der Waals surface area contributed by atoms with Crippen LogP contribution < -0.4 is 5.32 Å². The molecule has 2 aromatic carbocycles. The smallest absolute Gasteiger partial charge is 0.475 e. The zero-order valence-corrected chi connectivity index (χ0v) is 21.8. The van der Waals surface area contributed by atoms with Gasteiger partial charge in [0.15, 0.2) is 5.17 Å². The summed E-state index contributed by atoms with van der Waals surface area (Å²) in [6.07, 6.45) is -1.73. The van der Waals surface area contributed by atoms with E-state index in [1.54, 1.807) is 50.6 Å². The number of alkyl halides is 3. The lowest BCUT2D eigenvalue weighted by molar-refractivity contribution is -0.192. The van der Waals surface area contributed by atoms with Gasteiger partial charge in [-0.25, -0.2) is 9.79 Å². The second-order valence-electron chi connectivity index (χ2n) is 7.69. The summed E-state index contributed by atoms with van der Waals surface area (Å²) in [7, 11) is 3.40. The highest BCUT2D eigenvalue weighted by Crippen LogP contribution is 2.35. The minimum Gasteiger partial charge on any atom is -0.475 e. The Bertz CT molecular complexity index is 1470. The third-order valence-electron chi connectivity index (χ3n) is 4.74. The van der Waals surface area contributed by atoms with E-state index in [9.17, 15) is 22.8 Å². The number of pyridine rings is 1. The van der Waals surface area contributed by atoms with Crippen LogP contribution in [0.25, 0.3) is 17.0 Å². The van der Waals surface area contributed by atoms with Crippen molar-refractivity contribution in [2.75, 3.05) is 14.1 Å². The maximum atomic E-state index is 12.5. The molecule has 8 nitrogen and oxygen atoms in total. The van der Waals surface area contributed by atoms with Crippen molar-refractivity contribution in [1.82, 2.24) is 15.2 Å². The fraction of sp³-hybridized carbons (Fsp3) is 0.125. The second kappa shape index (κ2) is 11.8. The van der Waals surface area contributed by atoms with Gasteiger partial charge in [-0.15, -0.1) is 0 Å². The molecule has 0 spiro atoms. The largest absolute Gasteiger partial charge is 0.490 e. The molecule has 0 aliphatic carbocycles. The molecule has 4 rings (SSSR count). The molecular weight excluding hydrogens is 568 g/mol. The van der Waals surface area contributed by atoms with E-state index >= 15 is 0 Å². The van der Waals surface area contributed by atoms with E-state index in [4.69, 9.17) is 33.1 Å². The average Bonchev–Trinajstić information content (AvgIpc) is 3.18. The predicted molar refractivity (Wildman–Crippen MR) is 141 cm³/mol. The molecule has 198 valence electrons. The maximum Gasteiger partial charge on any atom is 0.490 e. The Labute approximate surface area is 228 Å². The van der Waals surface area contributed by atoms with Gasteiger partial charge >= 0.3 is 12.1 Å². The van der Waals surface area contributed by atoms with Crippen LogP contribution in [-0.2, 0) is 9.59 Å². The molecule has 1 saturated heterocycles. The number of aliphatic carboxylic acids is 1. The predicted octanol–water partition coefficient (Wildman–Crippen LogP) is 5.77. The first-order valence-electron chi connectivity index (χ1n) is 10.4. The number of aliphatic imine (C=N–C) groups is 1. The number of para-hydroxylation sites is 1. The van der Waals surface area contributed by atoms with E-state index in [1.807, 2.05) is 18.2 Å². The molecule has 1 fully saturated rings. The van der Waals surface area contributed by atoms with Crippen LogP contribution in [0.5, 0.6) is 0 Å². The first-order chi connectivity index (χ1) is 17.8. The molecule has 3 aromatic rings. The van der Waals surface area contributed by atoms with Crippen LogP contribution in [0.3, 0.4) is 0 Å². The number of nitrogens with zero attached hydrogens (tertiary/aromatic N) is 3. The molecular formula is C24H17Cl2F3N4O4S. The van der Waals surface area contributed by atoms with Gasteiger partial charge in [0.2, 0.25) is 0 Å². The van der Waals surface area contributed by atoms with Crippen molar-refractivity contribution in [3.8, 4) is 0 Å². The molecule has 0 bridgehead atoms. The van der Waals surface area contributed by atoms with Crippen LogP contribution in [-0.4, -0.2) is 58.2 Å². The number of amidine groups is 1. The number of carbonyl (C=O) groups is 3. The molecule has 0 radical (unpaired) electrons. The fourth-order valence-electron chi connectivity index (χ4n) is 3.01. The molecule has 1 aromatic heterocycles. The normalized spacial score (nSPS) is 15.3. The summed E-state index contributed by atoms with van der Waals surface area (Å²) in [5, 5.41) is 11.7. The van der Waals surface area contributed by atoms with E-state index in [2.05, 4.69) is 15.3 Å². The molecule has 0 unspecified atom stereocenters. The quantitative estimate of drug-likeness (QED) is 0.378. The average molecular weight is 585 g/mol. The van der Waals surface area contributed by atoms with Crippen molar-refractivity contribution in [3.05, 3.63) is 74.7 Å². The van der Waals surface area contributed by atoms with E-state index < -0.39 is 12.1 Å². The number of amides is 2. The zero-order chi connectivity index (χ0) is 28.2. The van der Waals surface area contributed by atoms with Gasteiger partial charge in [-0.05, 0) is 53.7 Å². The number of thioether (sulfide) groups is 1. The van der Waals surface area contributed by atoms with Crippen molar-refractivity contribution < 1.29 is 32.7 Å². The first-order valence-corrected chi connectivity index (χ1v) is 12.0. The standard InChI is InChI=1S/C22H16Cl2N4O2S.C2HF3O2/c1-28(2)21(30)13-8-9-25-17-7-6-12(10-14(13)17)11-18-20(29)27-22(31-18)26-19-15(23)4-3-5-16(19)24;3-2(4,5)1(6)7/h3-11H,1-2H3,(H,26,27,29);(H,6,7). The van der Waals surface area contributed by atoms with Crippen molar-refractivity contribution in [1.29, 1.82) is 0 Å². The van der Waals surface area contributed by atoms with E-state index in [1.165, 1.54) is 16.7 Å². The van der Waals surface area contributed by atoms with Gasteiger partial charge in [0, 0.05) is 25.7 Å². The number of benzene rings is 2. The topological polar surface area (TPSA) is 112 Å². The highest BCUT2D eigenvalue weighted by Gasteiger charge is 2.38. The van der Waals surface area contributed by atoms with Crippen LogP contribution in [0.4, 0.5) is 18.9 Å². The van der Waals surface area contributed by atoms with Crippen LogP contribution >= 0.6 is 35.0 Å². The minimum absolute atomic E-state index is 0.115. The Morgan fingerprint density at radius 2 is 1.76 bits per heavy atom. The molecule has 14 heteroatoms. The van der Waals surface area contributed by atoms with Gasteiger partial charge in [-0.1, -0.05) is 35.3 Å². The van der Waals surface area contributed by atoms with Gasteiger partial charge < -0.3 is 15.3 Å². The van der Waals surface area contributed by atoms with Crippen molar-refractivity contribution in [3.63, 3.8) is 0 Å². The SMILES string of the molecule is CN(C)C(=O)c1ccnc2ccc(C=C3SC(=Nc4c(Cl)cccc4Cl)NC3=O)cc12.O=C(O)C(F)(F)F. The van der Waals surface area contributed by atoms with Gasteiger partial charge in [0.05, 0.1) is 26.0 Å². The number of carbonyl (C=O) groups excluding carboxylic acids is 2. The van der Waals surface area contributed by atoms with Crippen molar-refractivity contribution in [2.24, 2.45) is 4.99 Å². The van der Waals surface area contributed by atoms with Gasteiger partial charge in [0.1, 0.15) is 5.69 Å².